The van der Waals surface area contributed by atoms with E-state index in [0.29, 0.717) is 11.3 Å². The summed E-state index contributed by atoms with van der Waals surface area (Å²) in [5.41, 5.74) is 19.2. The van der Waals surface area contributed by atoms with E-state index >= 15 is 0 Å². The normalized spacial score (nSPS) is 11.3. The Kier molecular flexibility index (Phi) is 7.84. The first-order valence-corrected chi connectivity index (χ1v) is 6.23. The van der Waals surface area contributed by atoms with Crippen LogP contribution in [0.15, 0.2) is 34.9 Å². The average Bonchev–Trinajstić information content (AvgIpc) is 2.40. The number of carbonyl (C=O) groups is 2. The highest BCUT2D eigenvalue weighted by Gasteiger charge is 2.04. The molecule has 1 aromatic rings. The maximum absolute atomic E-state index is 11.1. The van der Waals surface area contributed by atoms with Gasteiger partial charge in [0.25, 0.3) is 0 Å². The Hall–Kier alpha value is -2.21. The minimum absolute atomic E-state index is 0.250. The molecule has 0 atom stereocenters. The predicted molar refractivity (Wildman–Crippen MR) is 84.9 cm³/mol. The van der Waals surface area contributed by atoms with Gasteiger partial charge in [-0.15, -0.1) is 0 Å². The van der Waals surface area contributed by atoms with Gasteiger partial charge in [0, 0.05) is 11.3 Å². The van der Waals surface area contributed by atoms with E-state index in [0.717, 1.165) is 16.7 Å². The molecule has 20 heavy (non-hydrogen) atoms. The largest absolute Gasteiger partial charge is 0.398 e. The zero-order chi connectivity index (χ0) is 15.7. The van der Waals surface area contributed by atoms with Gasteiger partial charge in [0.1, 0.15) is 0 Å². The first kappa shape index (κ1) is 17.8. The van der Waals surface area contributed by atoms with Crippen LogP contribution in [0.4, 0.5) is 0 Å². The molecule has 0 aliphatic rings. The maximum Gasteiger partial charge on any atom is 0.248 e. The number of benzene rings is 1. The van der Waals surface area contributed by atoms with Crippen molar-refractivity contribution in [2.24, 2.45) is 17.2 Å². The van der Waals surface area contributed by atoms with Crippen LogP contribution in [0.1, 0.15) is 28.4 Å². The highest BCUT2D eigenvalue weighted by molar-refractivity contribution is 7.83. The number of aryl methyl sites for hydroxylation is 1. The zero-order valence-corrected chi connectivity index (χ0v) is 12.4. The number of amides is 2. The van der Waals surface area contributed by atoms with Gasteiger partial charge < -0.3 is 17.2 Å². The molecule has 0 bridgehead atoms. The van der Waals surface area contributed by atoms with E-state index in [9.17, 15) is 4.79 Å². The summed E-state index contributed by atoms with van der Waals surface area (Å²) in [6.07, 6.45) is 2.06. The van der Waals surface area contributed by atoms with Gasteiger partial charge in [0.15, 0.2) is 0 Å². The van der Waals surface area contributed by atoms with Crippen LogP contribution in [0.2, 0.25) is 0 Å². The number of hydrogen-bond donors (Lipinski definition) is 4. The average molecular weight is 293 g/mol. The van der Waals surface area contributed by atoms with E-state index in [1.165, 1.54) is 0 Å². The number of rotatable bonds is 3. The SMILES string of the molecule is CC(=C/S)/C(N)=C/c1cc(C(N)=O)ccc1C.NC=O. The molecule has 0 radical (unpaired) electrons. The second kappa shape index (κ2) is 8.82. The minimum Gasteiger partial charge on any atom is -0.398 e. The zero-order valence-electron chi connectivity index (χ0n) is 11.5. The molecule has 6 N–H and O–H groups in total. The second-order valence-corrected chi connectivity index (χ2v) is 4.24. The Bertz CT molecular complexity index is 551. The summed E-state index contributed by atoms with van der Waals surface area (Å²) in [5, 5.41) is 1.64. The van der Waals surface area contributed by atoms with Crippen LogP contribution < -0.4 is 17.2 Å². The van der Waals surface area contributed by atoms with Crippen LogP contribution in [0.5, 0.6) is 0 Å². The Labute approximate surface area is 123 Å². The molecule has 0 aromatic heterocycles. The topological polar surface area (TPSA) is 112 Å². The lowest BCUT2D eigenvalue weighted by atomic mass is 10.0. The first-order chi connectivity index (χ1) is 9.37. The molecule has 0 fully saturated rings. The van der Waals surface area contributed by atoms with Crippen molar-refractivity contribution in [3.05, 3.63) is 51.6 Å². The Balaban J connectivity index is 0.00000110. The lowest BCUT2D eigenvalue weighted by Crippen LogP contribution is -2.11. The fourth-order valence-corrected chi connectivity index (χ4v) is 1.45. The molecule has 1 aromatic carbocycles. The molecule has 0 saturated carbocycles. The first-order valence-electron chi connectivity index (χ1n) is 5.71. The van der Waals surface area contributed by atoms with Crippen molar-refractivity contribution in [3.63, 3.8) is 0 Å². The van der Waals surface area contributed by atoms with E-state index in [1.54, 1.807) is 17.5 Å². The van der Waals surface area contributed by atoms with Gasteiger partial charge in [0.05, 0.1) is 0 Å². The van der Waals surface area contributed by atoms with Crippen molar-refractivity contribution in [1.82, 2.24) is 0 Å². The van der Waals surface area contributed by atoms with E-state index in [2.05, 4.69) is 18.4 Å². The summed E-state index contributed by atoms with van der Waals surface area (Å²) in [5.74, 6) is -0.445. The summed E-state index contributed by atoms with van der Waals surface area (Å²) < 4.78 is 0. The van der Waals surface area contributed by atoms with Gasteiger partial charge in [0.2, 0.25) is 12.3 Å². The summed E-state index contributed by atoms with van der Waals surface area (Å²) in [6, 6.07) is 5.28. The molecule has 6 heteroatoms. The van der Waals surface area contributed by atoms with Crippen molar-refractivity contribution in [3.8, 4) is 0 Å². The third kappa shape index (κ3) is 5.62. The highest BCUT2D eigenvalue weighted by atomic mass is 32.1. The number of primary amides is 2. The molecule has 108 valence electrons. The van der Waals surface area contributed by atoms with Gasteiger partial charge in [-0.2, -0.15) is 12.6 Å². The standard InChI is InChI=1S/C13H16N2OS.CH3NO/c1-8-3-4-10(13(15)16)5-11(8)6-12(14)9(2)7-17;2-1-3/h3-7,17H,14H2,1-2H3,(H2,15,16);1H,(H2,2,3)/b9-7-,12-6-;. The van der Waals surface area contributed by atoms with Crippen LogP contribution in [-0.4, -0.2) is 12.3 Å². The number of hydrogen-bond acceptors (Lipinski definition) is 4. The van der Waals surface area contributed by atoms with Crippen LogP contribution in [0.25, 0.3) is 6.08 Å². The second-order valence-electron chi connectivity index (χ2n) is 3.98. The molecule has 5 nitrogen and oxygen atoms in total. The summed E-state index contributed by atoms with van der Waals surface area (Å²) in [4.78, 5) is 19.7. The van der Waals surface area contributed by atoms with Gasteiger partial charge in [-0.3, -0.25) is 9.59 Å². The van der Waals surface area contributed by atoms with Gasteiger partial charge in [-0.05, 0) is 54.2 Å². The Morgan fingerprint density at radius 1 is 1.30 bits per heavy atom. The maximum atomic E-state index is 11.1. The Morgan fingerprint density at radius 2 is 1.85 bits per heavy atom. The monoisotopic (exact) mass is 293 g/mol. The minimum atomic E-state index is -0.445. The van der Waals surface area contributed by atoms with Crippen molar-refractivity contribution >= 4 is 31.0 Å². The van der Waals surface area contributed by atoms with E-state index in [1.807, 2.05) is 26.0 Å². The number of thiol groups is 1. The van der Waals surface area contributed by atoms with Crippen LogP contribution in [-0.2, 0) is 4.79 Å². The molecule has 0 heterocycles. The lowest BCUT2D eigenvalue weighted by Gasteiger charge is -2.05. The van der Waals surface area contributed by atoms with Crippen molar-refractivity contribution in [2.75, 3.05) is 0 Å². The highest BCUT2D eigenvalue weighted by Crippen LogP contribution is 2.16. The molecule has 0 unspecified atom stereocenters. The number of allylic oxidation sites excluding steroid dienone is 1. The third-order valence-electron chi connectivity index (χ3n) is 2.52. The van der Waals surface area contributed by atoms with E-state index in [-0.39, 0.29) is 6.41 Å². The molecule has 0 aliphatic carbocycles. The summed E-state index contributed by atoms with van der Waals surface area (Å²) in [7, 11) is 0. The van der Waals surface area contributed by atoms with Crippen molar-refractivity contribution in [2.45, 2.75) is 13.8 Å². The molecular formula is C14H19N3O2S. The molecule has 0 saturated heterocycles. The summed E-state index contributed by atoms with van der Waals surface area (Å²) in [6.45, 7) is 3.82. The molecule has 0 aliphatic heterocycles. The molecule has 0 spiro atoms. The van der Waals surface area contributed by atoms with Gasteiger partial charge in [-0.25, -0.2) is 0 Å². The van der Waals surface area contributed by atoms with Gasteiger partial charge >= 0.3 is 0 Å². The number of carbonyl (C=O) groups excluding carboxylic acids is 2. The lowest BCUT2D eigenvalue weighted by molar-refractivity contribution is -0.106. The fraction of sp³-hybridized carbons (Fsp3) is 0.143. The van der Waals surface area contributed by atoms with Crippen molar-refractivity contribution < 1.29 is 9.59 Å². The van der Waals surface area contributed by atoms with E-state index < -0.39 is 5.91 Å². The van der Waals surface area contributed by atoms with Crippen molar-refractivity contribution in [1.29, 1.82) is 0 Å². The summed E-state index contributed by atoms with van der Waals surface area (Å²) >= 11 is 4.04. The molecule has 1 rings (SSSR count). The van der Waals surface area contributed by atoms with Crippen LogP contribution in [0.3, 0.4) is 0 Å². The van der Waals surface area contributed by atoms with Gasteiger partial charge in [-0.1, -0.05) is 6.07 Å². The van der Waals surface area contributed by atoms with Crippen LogP contribution in [0, 0.1) is 6.92 Å². The predicted octanol–water partition coefficient (Wildman–Crippen LogP) is 1.33. The smallest absolute Gasteiger partial charge is 0.248 e. The molecule has 2 amide bonds. The third-order valence-corrected chi connectivity index (χ3v) is 2.91. The van der Waals surface area contributed by atoms with Crippen LogP contribution >= 0.6 is 12.6 Å². The molecular weight excluding hydrogens is 274 g/mol. The van der Waals surface area contributed by atoms with E-state index in [4.69, 9.17) is 16.3 Å². The number of nitrogens with two attached hydrogens (primary N) is 3. The quantitative estimate of drug-likeness (QED) is 0.383. The Morgan fingerprint density at radius 3 is 2.30 bits per heavy atom. The fourth-order valence-electron chi connectivity index (χ4n) is 1.31.